The molecule has 2 N–H and O–H groups in total. The molecule has 0 saturated heterocycles. The molecule has 0 bridgehead atoms. The Hall–Kier alpha value is -2.18. The molecule has 5 nitrogen and oxygen atoms in total. The largest absolute Gasteiger partial charge is 0.340 e. The zero-order valence-corrected chi connectivity index (χ0v) is 14.9. The molecule has 7 heteroatoms. The van der Waals surface area contributed by atoms with E-state index in [4.69, 9.17) is 11.6 Å². The van der Waals surface area contributed by atoms with Crippen LogP contribution in [0, 0.1) is 5.92 Å². The molecule has 0 aliphatic heterocycles. The van der Waals surface area contributed by atoms with Crippen LogP contribution in [0.15, 0.2) is 46.9 Å². The van der Waals surface area contributed by atoms with Crippen molar-refractivity contribution in [2.75, 3.05) is 0 Å². The van der Waals surface area contributed by atoms with Crippen LogP contribution in [0.5, 0.6) is 0 Å². The highest BCUT2D eigenvalue weighted by atomic mass is 35.5. The number of hydrogen-bond donors (Lipinski definition) is 2. The van der Waals surface area contributed by atoms with E-state index >= 15 is 0 Å². The Morgan fingerprint density at radius 2 is 2.04 bits per heavy atom. The number of rotatable bonds is 6. The Morgan fingerprint density at radius 3 is 2.67 bits per heavy atom. The van der Waals surface area contributed by atoms with Crippen molar-refractivity contribution < 1.29 is 9.59 Å². The van der Waals surface area contributed by atoms with Gasteiger partial charge >= 0.3 is 0 Å². The minimum absolute atomic E-state index is 0.0925. The summed E-state index contributed by atoms with van der Waals surface area (Å²) in [7, 11) is 0. The summed E-state index contributed by atoms with van der Waals surface area (Å²) in [5.74, 6) is -0.813. The van der Waals surface area contributed by atoms with Gasteiger partial charge in [-0.15, -0.1) is 11.3 Å². The monoisotopic (exact) mass is 363 g/mol. The van der Waals surface area contributed by atoms with Crippen molar-refractivity contribution >= 4 is 41.0 Å². The second kappa shape index (κ2) is 8.61. The summed E-state index contributed by atoms with van der Waals surface area (Å²) in [6.07, 6.45) is 1.57. The molecule has 2 amide bonds. The highest BCUT2D eigenvalue weighted by molar-refractivity contribution is 7.11. The van der Waals surface area contributed by atoms with E-state index in [-0.39, 0.29) is 17.7 Å². The lowest BCUT2D eigenvalue weighted by atomic mass is 10.0. The molecule has 1 aromatic heterocycles. The van der Waals surface area contributed by atoms with Crippen LogP contribution >= 0.6 is 22.9 Å². The third-order valence-corrected chi connectivity index (χ3v) is 4.27. The molecule has 2 aromatic rings. The molecule has 24 heavy (non-hydrogen) atoms. The van der Waals surface area contributed by atoms with E-state index in [0.717, 1.165) is 4.88 Å². The normalized spacial score (nSPS) is 12.3. The first-order valence-electron chi connectivity index (χ1n) is 7.40. The third kappa shape index (κ3) is 5.18. The van der Waals surface area contributed by atoms with Crippen LogP contribution in [0.25, 0.3) is 0 Å². The number of thiophene rings is 1. The van der Waals surface area contributed by atoms with E-state index in [1.54, 1.807) is 30.5 Å². The number of halogens is 1. The number of hydrogen-bond acceptors (Lipinski definition) is 4. The molecule has 1 unspecified atom stereocenters. The third-order valence-electron chi connectivity index (χ3n) is 3.23. The molecule has 0 saturated carbocycles. The molecule has 1 aromatic carbocycles. The number of carbonyl (C=O) groups is 2. The first-order chi connectivity index (χ1) is 11.5. The number of benzene rings is 1. The van der Waals surface area contributed by atoms with Gasteiger partial charge in [-0.3, -0.25) is 9.59 Å². The van der Waals surface area contributed by atoms with Gasteiger partial charge in [0.25, 0.3) is 11.8 Å². The molecule has 0 radical (unpaired) electrons. The fourth-order valence-electron chi connectivity index (χ4n) is 1.98. The Kier molecular flexibility index (Phi) is 6.52. The summed E-state index contributed by atoms with van der Waals surface area (Å²) in [6.45, 7) is 3.71. The van der Waals surface area contributed by atoms with E-state index in [1.165, 1.54) is 11.3 Å². The Morgan fingerprint density at radius 1 is 1.25 bits per heavy atom. The van der Waals surface area contributed by atoms with Crippen molar-refractivity contribution in [3.05, 3.63) is 57.2 Å². The average Bonchev–Trinajstić information content (AvgIpc) is 3.05. The van der Waals surface area contributed by atoms with E-state index in [9.17, 15) is 9.59 Å². The number of nitrogens with one attached hydrogen (secondary N) is 2. The molecule has 1 heterocycles. The summed E-state index contributed by atoms with van der Waals surface area (Å²) in [4.78, 5) is 25.5. The molecule has 2 rings (SSSR count). The van der Waals surface area contributed by atoms with Crippen molar-refractivity contribution in [2.45, 2.75) is 19.9 Å². The summed E-state index contributed by atoms with van der Waals surface area (Å²) >= 11 is 7.41. The first kappa shape index (κ1) is 18.2. The van der Waals surface area contributed by atoms with Gasteiger partial charge in [-0.1, -0.05) is 37.6 Å². The number of amides is 2. The van der Waals surface area contributed by atoms with Crippen molar-refractivity contribution in [2.24, 2.45) is 11.0 Å². The molecule has 126 valence electrons. The predicted molar refractivity (Wildman–Crippen MR) is 97.6 cm³/mol. The molecule has 0 fully saturated rings. The van der Waals surface area contributed by atoms with Crippen molar-refractivity contribution in [1.29, 1.82) is 0 Å². The van der Waals surface area contributed by atoms with Crippen LogP contribution in [-0.2, 0) is 4.79 Å². The fraction of sp³-hybridized carbons (Fsp3) is 0.235. The lowest BCUT2D eigenvalue weighted by molar-refractivity contribution is -0.123. The Bertz CT molecular complexity index is 729. The maximum absolute atomic E-state index is 12.3. The second-order valence-electron chi connectivity index (χ2n) is 5.46. The topological polar surface area (TPSA) is 70.6 Å². The van der Waals surface area contributed by atoms with Gasteiger partial charge in [0.05, 0.1) is 6.21 Å². The van der Waals surface area contributed by atoms with Crippen LogP contribution in [-0.4, -0.2) is 24.1 Å². The van der Waals surface area contributed by atoms with Crippen molar-refractivity contribution in [3.8, 4) is 0 Å². The fourth-order valence-corrected chi connectivity index (χ4v) is 2.76. The van der Waals surface area contributed by atoms with Crippen LogP contribution < -0.4 is 10.7 Å². The maximum atomic E-state index is 12.3. The van der Waals surface area contributed by atoms with E-state index in [2.05, 4.69) is 15.8 Å². The van der Waals surface area contributed by atoms with Gasteiger partial charge < -0.3 is 5.32 Å². The van der Waals surface area contributed by atoms with Gasteiger partial charge in [0.1, 0.15) is 6.04 Å². The maximum Gasteiger partial charge on any atom is 0.262 e. The zero-order valence-electron chi connectivity index (χ0n) is 13.3. The predicted octanol–water partition coefficient (Wildman–Crippen LogP) is 3.31. The molecule has 0 aliphatic carbocycles. The van der Waals surface area contributed by atoms with E-state index in [1.807, 2.05) is 31.4 Å². The first-order valence-corrected chi connectivity index (χ1v) is 8.66. The molecular weight excluding hydrogens is 346 g/mol. The van der Waals surface area contributed by atoms with Gasteiger partial charge in [-0.25, -0.2) is 5.43 Å². The number of hydrazone groups is 1. The molecule has 1 atom stereocenters. The highest BCUT2D eigenvalue weighted by Gasteiger charge is 2.24. The van der Waals surface area contributed by atoms with E-state index < -0.39 is 6.04 Å². The standard InChI is InChI=1S/C17H18ClN3O2S/c1-11(2)15(17(23)21-19-10-14-7-4-8-24-14)20-16(22)12-5-3-6-13(18)9-12/h3-11,15H,1-2H3,(H,20,22)(H,21,23). The summed E-state index contributed by atoms with van der Waals surface area (Å²) in [5.41, 5.74) is 2.87. The Labute approximate surface area is 149 Å². The lowest BCUT2D eigenvalue weighted by Crippen LogP contribution is -2.48. The smallest absolute Gasteiger partial charge is 0.262 e. The van der Waals surface area contributed by atoms with E-state index in [0.29, 0.717) is 10.6 Å². The lowest BCUT2D eigenvalue weighted by Gasteiger charge is -2.20. The van der Waals surface area contributed by atoms with Crippen LogP contribution in [0.3, 0.4) is 0 Å². The van der Waals surface area contributed by atoms with Gasteiger partial charge in [-0.2, -0.15) is 5.10 Å². The van der Waals surface area contributed by atoms with Gasteiger partial charge in [0.2, 0.25) is 0 Å². The number of nitrogens with zero attached hydrogens (tertiary/aromatic N) is 1. The zero-order chi connectivity index (χ0) is 17.5. The number of carbonyl (C=O) groups excluding carboxylic acids is 2. The minimum atomic E-state index is -0.697. The quantitative estimate of drug-likeness (QED) is 0.610. The SMILES string of the molecule is CC(C)C(NC(=O)c1cccc(Cl)c1)C(=O)NN=Cc1cccs1. The van der Waals surface area contributed by atoms with Crippen molar-refractivity contribution in [1.82, 2.24) is 10.7 Å². The van der Waals surface area contributed by atoms with Crippen LogP contribution in [0.2, 0.25) is 5.02 Å². The summed E-state index contributed by atoms with van der Waals surface area (Å²) < 4.78 is 0. The molecule has 0 spiro atoms. The van der Waals surface area contributed by atoms with Gasteiger partial charge in [0, 0.05) is 15.5 Å². The highest BCUT2D eigenvalue weighted by Crippen LogP contribution is 2.12. The van der Waals surface area contributed by atoms with Gasteiger partial charge in [-0.05, 0) is 35.6 Å². The van der Waals surface area contributed by atoms with Gasteiger partial charge in [0.15, 0.2) is 0 Å². The molecular formula is C17H18ClN3O2S. The average molecular weight is 364 g/mol. The van der Waals surface area contributed by atoms with Crippen LogP contribution in [0.4, 0.5) is 0 Å². The second-order valence-corrected chi connectivity index (χ2v) is 6.87. The Balaban J connectivity index is 2.00. The van der Waals surface area contributed by atoms with Crippen molar-refractivity contribution in [3.63, 3.8) is 0 Å². The summed E-state index contributed by atoms with van der Waals surface area (Å²) in [5, 5.41) is 9.04. The molecule has 0 aliphatic rings. The summed E-state index contributed by atoms with van der Waals surface area (Å²) in [6, 6.07) is 9.66. The minimum Gasteiger partial charge on any atom is -0.340 e. The van der Waals surface area contributed by atoms with Crippen LogP contribution in [0.1, 0.15) is 29.1 Å².